The maximum absolute atomic E-state index is 5.21. The number of nitrogens with zero attached hydrogens (tertiary/aromatic N) is 1. The van der Waals surface area contributed by atoms with Crippen molar-refractivity contribution in [2.45, 2.75) is 32.2 Å². The highest BCUT2D eigenvalue weighted by molar-refractivity contribution is 7.71. The molecule has 1 fully saturated rings. The fourth-order valence-corrected chi connectivity index (χ4v) is 2.24. The van der Waals surface area contributed by atoms with Crippen LogP contribution in [0.5, 0.6) is 0 Å². The molecule has 0 aliphatic heterocycles. The minimum Gasteiger partial charge on any atom is -0.367 e. The summed E-state index contributed by atoms with van der Waals surface area (Å²) in [5, 5.41) is 3.38. The molecule has 98 valence electrons. The van der Waals surface area contributed by atoms with E-state index in [9.17, 15) is 0 Å². The third kappa shape index (κ3) is 3.20. The molecule has 1 saturated carbocycles. The molecule has 0 radical (unpaired) electrons. The Kier molecular flexibility index (Phi) is 3.34. The van der Waals surface area contributed by atoms with Crippen molar-refractivity contribution < 1.29 is 0 Å². The Morgan fingerprint density at radius 1 is 1.32 bits per heavy atom. The molecule has 3 nitrogen and oxygen atoms in total. The van der Waals surface area contributed by atoms with Crippen molar-refractivity contribution in [2.24, 2.45) is 0 Å². The van der Waals surface area contributed by atoms with Crippen molar-refractivity contribution in [3.05, 3.63) is 51.9 Å². The molecule has 1 aromatic carbocycles. The van der Waals surface area contributed by atoms with Crippen LogP contribution in [0.25, 0.3) is 0 Å². The van der Waals surface area contributed by atoms with Crippen LogP contribution in [0.2, 0.25) is 0 Å². The highest BCUT2D eigenvalue weighted by atomic mass is 32.1. The zero-order valence-corrected chi connectivity index (χ0v) is 11.8. The first-order valence-corrected chi connectivity index (χ1v) is 7.02. The van der Waals surface area contributed by atoms with Gasteiger partial charge in [-0.3, -0.25) is 0 Å². The predicted molar refractivity (Wildman–Crippen MR) is 79.9 cm³/mol. The van der Waals surface area contributed by atoms with E-state index in [-0.39, 0.29) is 0 Å². The standard InChI is InChI=1S/C15H17N3S/c1-10-2-4-11(5-3-10)9-16-13-8-14(19)18-15(17-13)12-6-7-12/h2-5,8,12H,6-7,9H2,1H3,(H2,16,17,18,19). The lowest BCUT2D eigenvalue weighted by atomic mass is 10.1. The highest BCUT2D eigenvalue weighted by Gasteiger charge is 2.25. The molecule has 2 N–H and O–H groups in total. The number of aryl methyl sites for hydroxylation is 1. The molecule has 0 spiro atoms. The van der Waals surface area contributed by atoms with Gasteiger partial charge in [-0.25, -0.2) is 4.98 Å². The van der Waals surface area contributed by atoms with Crippen LogP contribution in [0.15, 0.2) is 30.3 Å². The van der Waals surface area contributed by atoms with E-state index in [0.29, 0.717) is 10.6 Å². The van der Waals surface area contributed by atoms with Gasteiger partial charge in [0.25, 0.3) is 0 Å². The molecule has 3 rings (SSSR count). The average Bonchev–Trinajstić information content (AvgIpc) is 3.22. The van der Waals surface area contributed by atoms with Crippen LogP contribution in [-0.4, -0.2) is 9.97 Å². The number of aromatic amines is 1. The summed E-state index contributed by atoms with van der Waals surface area (Å²) in [4.78, 5) is 7.72. The van der Waals surface area contributed by atoms with Gasteiger partial charge in [-0.2, -0.15) is 0 Å². The Morgan fingerprint density at radius 2 is 2.05 bits per heavy atom. The number of hydrogen-bond donors (Lipinski definition) is 2. The molecular weight excluding hydrogens is 254 g/mol. The molecule has 1 aliphatic rings. The lowest BCUT2D eigenvalue weighted by Gasteiger charge is -2.08. The summed E-state index contributed by atoms with van der Waals surface area (Å²) < 4.78 is 0.659. The molecule has 2 aromatic rings. The number of rotatable bonds is 4. The van der Waals surface area contributed by atoms with Crippen molar-refractivity contribution in [1.29, 1.82) is 0 Å². The SMILES string of the molecule is Cc1ccc(CNc2cc(=S)nc(C3CC3)[nH]2)cc1. The Bertz CT molecular complexity index is 627. The van der Waals surface area contributed by atoms with Gasteiger partial charge >= 0.3 is 0 Å². The average molecular weight is 271 g/mol. The summed E-state index contributed by atoms with van der Waals surface area (Å²) in [6.45, 7) is 2.89. The monoisotopic (exact) mass is 271 g/mol. The smallest absolute Gasteiger partial charge is 0.131 e. The van der Waals surface area contributed by atoms with Crippen LogP contribution in [0.3, 0.4) is 0 Å². The normalized spacial score (nSPS) is 14.4. The first-order chi connectivity index (χ1) is 9.20. The van der Waals surface area contributed by atoms with E-state index >= 15 is 0 Å². The van der Waals surface area contributed by atoms with E-state index in [1.54, 1.807) is 0 Å². The number of benzene rings is 1. The van der Waals surface area contributed by atoms with Crippen LogP contribution < -0.4 is 5.32 Å². The van der Waals surface area contributed by atoms with Crippen LogP contribution in [0.1, 0.15) is 35.7 Å². The first-order valence-electron chi connectivity index (χ1n) is 6.61. The summed E-state index contributed by atoms with van der Waals surface area (Å²) in [5.41, 5.74) is 2.54. The molecule has 1 heterocycles. The van der Waals surface area contributed by atoms with Crippen molar-refractivity contribution >= 4 is 18.0 Å². The lowest BCUT2D eigenvalue weighted by Crippen LogP contribution is -2.04. The maximum atomic E-state index is 5.21. The molecule has 0 atom stereocenters. The van der Waals surface area contributed by atoms with Gasteiger partial charge in [-0.15, -0.1) is 0 Å². The summed E-state index contributed by atoms with van der Waals surface area (Å²) in [6.07, 6.45) is 2.44. The van der Waals surface area contributed by atoms with E-state index in [2.05, 4.69) is 46.5 Å². The van der Waals surface area contributed by atoms with E-state index in [1.807, 2.05) is 6.07 Å². The second kappa shape index (κ2) is 5.13. The highest BCUT2D eigenvalue weighted by Crippen LogP contribution is 2.38. The molecule has 0 amide bonds. The van der Waals surface area contributed by atoms with Crippen molar-refractivity contribution in [2.75, 3.05) is 5.32 Å². The molecule has 0 saturated heterocycles. The van der Waals surface area contributed by atoms with Gasteiger partial charge in [0, 0.05) is 18.5 Å². The van der Waals surface area contributed by atoms with Gasteiger partial charge in [0.15, 0.2) is 0 Å². The number of hydrogen-bond acceptors (Lipinski definition) is 3. The van der Waals surface area contributed by atoms with Crippen LogP contribution in [0.4, 0.5) is 5.82 Å². The summed E-state index contributed by atoms with van der Waals surface area (Å²) >= 11 is 5.21. The minimum absolute atomic E-state index is 0.586. The van der Waals surface area contributed by atoms with Gasteiger partial charge < -0.3 is 10.3 Å². The van der Waals surface area contributed by atoms with Crippen molar-refractivity contribution in [1.82, 2.24) is 9.97 Å². The Morgan fingerprint density at radius 3 is 2.74 bits per heavy atom. The Hall–Kier alpha value is -1.68. The third-order valence-corrected chi connectivity index (χ3v) is 3.54. The van der Waals surface area contributed by atoms with Gasteiger partial charge in [-0.05, 0) is 25.3 Å². The summed E-state index contributed by atoms with van der Waals surface area (Å²) in [5.74, 6) is 2.57. The number of anilines is 1. The topological polar surface area (TPSA) is 40.7 Å². The molecule has 0 bridgehead atoms. The fraction of sp³-hybridized carbons (Fsp3) is 0.333. The number of H-pyrrole nitrogens is 1. The Labute approximate surface area is 118 Å². The molecular formula is C15H17N3S. The van der Waals surface area contributed by atoms with Crippen molar-refractivity contribution in [3.8, 4) is 0 Å². The van der Waals surface area contributed by atoms with Crippen LogP contribution in [-0.2, 0) is 6.54 Å². The zero-order chi connectivity index (χ0) is 13.2. The summed E-state index contributed by atoms with van der Waals surface area (Å²) in [7, 11) is 0. The van der Waals surface area contributed by atoms with Gasteiger partial charge in [0.2, 0.25) is 0 Å². The van der Waals surface area contributed by atoms with E-state index in [4.69, 9.17) is 12.2 Å². The molecule has 0 unspecified atom stereocenters. The predicted octanol–water partition coefficient (Wildman–Crippen LogP) is 3.94. The number of aromatic nitrogens is 2. The van der Waals surface area contributed by atoms with Crippen molar-refractivity contribution in [3.63, 3.8) is 0 Å². The number of nitrogens with one attached hydrogen (secondary N) is 2. The van der Waals surface area contributed by atoms with E-state index < -0.39 is 0 Å². The summed E-state index contributed by atoms with van der Waals surface area (Å²) in [6, 6.07) is 10.4. The quantitative estimate of drug-likeness (QED) is 0.828. The second-order valence-electron chi connectivity index (χ2n) is 5.13. The lowest BCUT2D eigenvalue weighted by molar-refractivity contribution is 0.915. The molecule has 4 heteroatoms. The zero-order valence-electron chi connectivity index (χ0n) is 10.9. The molecule has 1 aromatic heterocycles. The third-order valence-electron chi connectivity index (χ3n) is 3.33. The van der Waals surface area contributed by atoms with Gasteiger partial charge in [-0.1, -0.05) is 42.0 Å². The van der Waals surface area contributed by atoms with E-state index in [1.165, 1.54) is 24.0 Å². The molecule has 19 heavy (non-hydrogen) atoms. The molecule has 1 aliphatic carbocycles. The largest absolute Gasteiger partial charge is 0.367 e. The van der Waals surface area contributed by atoms with Gasteiger partial charge in [0.05, 0.1) is 0 Å². The van der Waals surface area contributed by atoms with Gasteiger partial charge in [0.1, 0.15) is 16.3 Å². The van der Waals surface area contributed by atoms with Crippen LogP contribution in [0, 0.1) is 11.6 Å². The minimum atomic E-state index is 0.586. The first kappa shape index (κ1) is 12.4. The Balaban J connectivity index is 1.72. The fourth-order valence-electron chi connectivity index (χ4n) is 2.03. The van der Waals surface area contributed by atoms with Crippen LogP contribution >= 0.6 is 12.2 Å². The maximum Gasteiger partial charge on any atom is 0.131 e. The van der Waals surface area contributed by atoms with E-state index in [0.717, 1.165) is 18.2 Å². The second-order valence-corrected chi connectivity index (χ2v) is 5.55.